The van der Waals surface area contributed by atoms with Gasteiger partial charge in [0.15, 0.2) is 0 Å². The highest BCUT2D eigenvalue weighted by molar-refractivity contribution is 5.56. The summed E-state index contributed by atoms with van der Waals surface area (Å²) >= 11 is 0. The molecule has 2 aliphatic heterocycles. The van der Waals surface area contributed by atoms with Gasteiger partial charge in [-0.3, -0.25) is 0 Å². The lowest BCUT2D eigenvalue weighted by molar-refractivity contribution is 0.185. The molecule has 98 valence electrons. The zero-order valence-electron chi connectivity index (χ0n) is 10.9. The number of fused-ring (bicyclic) bond motifs is 1. The second-order valence-electron chi connectivity index (χ2n) is 5.33. The van der Waals surface area contributed by atoms with Crippen LogP contribution in [0.4, 0.5) is 5.69 Å². The maximum atomic E-state index is 5.40. The summed E-state index contributed by atoms with van der Waals surface area (Å²) in [6.45, 7) is 5.06. The Morgan fingerprint density at radius 2 is 2.39 bits per heavy atom. The Labute approximate surface area is 109 Å². The molecule has 1 fully saturated rings. The highest BCUT2D eigenvalue weighted by Crippen LogP contribution is 2.25. The fraction of sp³-hybridized carbons (Fsp3) is 0.600. The zero-order valence-corrected chi connectivity index (χ0v) is 10.9. The Balaban J connectivity index is 1.58. The minimum Gasteiger partial charge on any atom is -0.385 e. The van der Waals surface area contributed by atoms with Gasteiger partial charge in [0, 0.05) is 31.9 Å². The molecule has 3 rings (SSSR count). The molecule has 18 heavy (non-hydrogen) atoms. The van der Waals surface area contributed by atoms with Gasteiger partial charge in [0.05, 0.1) is 6.61 Å². The van der Waals surface area contributed by atoms with E-state index in [1.807, 2.05) is 0 Å². The van der Waals surface area contributed by atoms with Crippen LogP contribution in [0.25, 0.3) is 0 Å². The van der Waals surface area contributed by atoms with Crippen LogP contribution in [0.15, 0.2) is 18.2 Å². The molecule has 0 radical (unpaired) electrons. The molecule has 2 heterocycles. The van der Waals surface area contributed by atoms with E-state index in [4.69, 9.17) is 4.74 Å². The van der Waals surface area contributed by atoms with Crippen molar-refractivity contribution in [1.82, 2.24) is 5.32 Å². The molecule has 0 bridgehead atoms. The van der Waals surface area contributed by atoms with Crippen LogP contribution >= 0.6 is 0 Å². The second kappa shape index (κ2) is 5.72. The maximum absolute atomic E-state index is 5.40. The van der Waals surface area contributed by atoms with E-state index in [1.165, 1.54) is 36.1 Å². The van der Waals surface area contributed by atoms with Crippen molar-refractivity contribution >= 4 is 5.69 Å². The van der Waals surface area contributed by atoms with E-state index in [1.54, 1.807) is 0 Å². The van der Waals surface area contributed by atoms with Crippen molar-refractivity contribution in [3.8, 4) is 0 Å². The average molecular weight is 246 g/mol. The minimum atomic E-state index is 0.711. The first-order valence-corrected chi connectivity index (χ1v) is 7.06. The van der Waals surface area contributed by atoms with E-state index in [0.29, 0.717) is 5.92 Å². The van der Waals surface area contributed by atoms with E-state index in [9.17, 15) is 0 Å². The lowest BCUT2D eigenvalue weighted by atomic mass is 9.97. The molecule has 3 nitrogen and oxygen atoms in total. The first-order valence-electron chi connectivity index (χ1n) is 7.06. The van der Waals surface area contributed by atoms with Gasteiger partial charge in [-0.05, 0) is 42.4 Å². The predicted octanol–water partition coefficient (Wildman–Crippen LogP) is 2.17. The van der Waals surface area contributed by atoms with Gasteiger partial charge in [0.2, 0.25) is 0 Å². The largest absolute Gasteiger partial charge is 0.385 e. The Bertz CT molecular complexity index is 399. The van der Waals surface area contributed by atoms with Gasteiger partial charge in [-0.15, -0.1) is 0 Å². The Morgan fingerprint density at radius 3 is 3.28 bits per heavy atom. The van der Waals surface area contributed by atoms with Crippen molar-refractivity contribution in [1.29, 1.82) is 0 Å². The van der Waals surface area contributed by atoms with Crippen molar-refractivity contribution in [3.05, 3.63) is 29.3 Å². The molecule has 1 atom stereocenters. The van der Waals surface area contributed by atoms with Crippen LogP contribution in [0.2, 0.25) is 0 Å². The van der Waals surface area contributed by atoms with Gasteiger partial charge in [0.25, 0.3) is 0 Å². The molecule has 0 amide bonds. The molecule has 0 aromatic heterocycles. The molecule has 1 unspecified atom stereocenters. The average Bonchev–Trinajstić information content (AvgIpc) is 2.92. The predicted molar refractivity (Wildman–Crippen MR) is 73.9 cm³/mol. The van der Waals surface area contributed by atoms with Crippen LogP contribution in [-0.4, -0.2) is 26.3 Å². The molecule has 2 N–H and O–H groups in total. The number of nitrogens with one attached hydrogen (secondary N) is 2. The molecule has 0 aliphatic carbocycles. The number of rotatable bonds is 4. The van der Waals surface area contributed by atoms with Crippen molar-refractivity contribution in [2.45, 2.75) is 25.8 Å². The SMILES string of the molecule is c1cc(CNCC2CCOC2)c2c(c1)NCCC2. The summed E-state index contributed by atoms with van der Waals surface area (Å²) in [5.41, 5.74) is 4.31. The second-order valence-corrected chi connectivity index (χ2v) is 5.33. The topological polar surface area (TPSA) is 33.3 Å². The summed E-state index contributed by atoms with van der Waals surface area (Å²) in [4.78, 5) is 0. The van der Waals surface area contributed by atoms with Crippen LogP contribution < -0.4 is 10.6 Å². The summed E-state index contributed by atoms with van der Waals surface area (Å²) < 4.78 is 5.40. The fourth-order valence-corrected chi connectivity index (χ4v) is 2.90. The van der Waals surface area contributed by atoms with Gasteiger partial charge >= 0.3 is 0 Å². The van der Waals surface area contributed by atoms with E-state index >= 15 is 0 Å². The number of hydrogen-bond acceptors (Lipinski definition) is 3. The molecule has 1 aromatic carbocycles. The highest BCUT2D eigenvalue weighted by Gasteiger charge is 2.16. The first kappa shape index (κ1) is 12.0. The van der Waals surface area contributed by atoms with Gasteiger partial charge in [-0.2, -0.15) is 0 Å². The lowest BCUT2D eigenvalue weighted by Gasteiger charge is -2.21. The van der Waals surface area contributed by atoms with E-state index in [2.05, 4.69) is 28.8 Å². The van der Waals surface area contributed by atoms with Crippen LogP contribution in [-0.2, 0) is 17.7 Å². The highest BCUT2D eigenvalue weighted by atomic mass is 16.5. The molecule has 1 aromatic rings. The summed E-state index contributed by atoms with van der Waals surface area (Å²) in [6.07, 6.45) is 3.68. The third kappa shape index (κ3) is 2.68. The third-order valence-electron chi connectivity index (χ3n) is 3.96. The van der Waals surface area contributed by atoms with Gasteiger partial charge in [0.1, 0.15) is 0 Å². The number of ether oxygens (including phenoxy) is 1. The van der Waals surface area contributed by atoms with Crippen molar-refractivity contribution < 1.29 is 4.74 Å². The number of anilines is 1. The number of hydrogen-bond donors (Lipinski definition) is 2. The molecule has 0 saturated carbocycles. The molecule has 0 spiro atoms. The van der Waals surface area contributed by atoms with E-state index in [-0.39, 0.29) is 0 Å². The van der Waals surface area contributed by atoms with E-state index < -0.39 is 0 Å². The minimum absolute atomic E-state index is 0.711. The monoisotopic (exact) mass is 246 g/mol. The summed E-state index contributed by atoms with van der Waals surface area (Å²) in [7, 11) is 0. The van der Waals surface area contributed by atoms with Crippen LogP contribution in [0.3, 0.4) is 0 Å². The fourth-order valence-electron chi connectivity index (χ4n) is 2.90. The van der Waals surface area contributed by atoms with Gasteiger partial charge in [-0.1, -0.05) is 12.1 Å². The molecule has 1 saturated heterocycles. The van der Waals surface area contributed by atoms with Crippen LogP contribution in [0.5, 0.6) is 0 Å². The molecule has 3 heteroatoms. The summed E-state index contributed by atoms with van der Waals surface area (Å²) in [6, 6.07) is 6.61. The third-order valence-corrected chi connectivity index (χ3v) is 3.96. The Morgan fingerprint density at radius 1 is 1.39 bits per heavy atom. The van der Waals surface area contributed by atoms with Crippen LogP contribution in [0.1, 0.15) is 24.0 Å². The normalized spacial score (nSPS) is 22.6. The smallest absolute Gasteiger partial charge is 0.0507 e. The molecular weight excluding hydrogens is 224 g/mol. The van der Waals surface area contributed by atoms with Gasteiger partial charge in [-0.25, -0.2) is 0 Å². The lowest BCUT2D eigenvalue weighted by Crippen LogP contribution is -2.24. The van der Waals surface area contributed by atoms with Crippen molar-refractivity contribution in [2.75, 3.05) is 31.6 Å². The van der Waals surface area contributed by atoms with E-state index in [0.717, 1.165) is 32.8 Å². The standard InChI is InChI=1S/C15H22N2O/c1-3-13(10-16-9-12-6-8-18-11-12)14-4-2-7-17-15(14)5-1/h1,3,5,12,16-17H,2,4,6-11H2. The Kier molecular flexibility index (Phi) is 3.81. The number of benzene rings is 1. The quantitative estimate of drug-likeness (QED) is 0.854. The molecular formula is C15H22N2O. The molecule has 2 aliphatic rings. The van der Waals surface area contributed by atoms with Gasteiger partial charge < -0.3 is 15.4 Å². The van der Waals surface area contributed by atoms with Crippen molar-refractivity contribution in [3.63, 3.8) is 0 Å². The Hall–Kier alpha value is -1.06. The summed E-state index contributed by atoms with van der Waals surface area (Å²) in [5, 5.41) is 7.07. The maximum Gasteiger partial charge on any atom is 0.0507 e. The first-order chi connectivity index (χ1) is 8.93. The van der Waals surface area contributed by atoms with Crippen molar-refractivity contribution in [2.24, 2.45) is 5.92 Å². The zero-order chi connectivity index (χ0) is 12.2. The van der Waals surface area contributed by atoms with Crippen LogP contribution in [0, 0.1) is 5.92 Å². The summed E-state index contributed by atoms with van der Waals surface area (Å²) in [5.74, 6) is 0.711.